The van der Waals surface area contributed by atoms with Crippen molar-refractivity contribution in [2.75, 3.05) is 20.3 Å². The lowest BCUT2D eigenvalue weighted by molar-refractivity contribution is 0.238. The van der Waals surface area contributed by atoms with E-state index in [1.54, 1.807) is 0 Å². The van der Waals surface area contributed by atoms with Crippen LogP contribution in [0.15, 0.2) is 0 Å². The van der Waals surface area contributed by atoms with E-state index in [0.29, 0.717) is 6.67 Å². The van der Waals surface area contributed by atoms with Gasteiger partial charge in [0.15, 0.2) is 0 Å². The molecule has 0 amide bonds. The summed E-state index contributed by atoms with van der Waals surface area (Å²) in [5, 5.41) is 0. The van der Waals surface area contributed by atoms with Crippen molar-refractivity contribution in [2.45, 2.75) is 32.1 Å². The third-order valence-corrected chi connectivity index (χ3v) is 2.61. The first-order chi connectivity index (χ1) is 5.33. The molecule has 1 saturated carbocycles. The number of hydrogen-bond acceptors (Lipinski definition) is 2. The number of rotatable bonds is 3. The van der Waals surface area contributed by atoms with Crippen LogP contribution in [0.4, 0.5) is 0 Å². The molecular weight excluding hydrogens is 136 g/mol. The fourth-order valence-corrected chi connectivity index (χ4v) is 1.89. The minimum Gasteiger partial charge on any atom is -0.318 e. The van der Waals surface area contributed by atoms with E-state index in [0.717, 1.165) is 5.92 Å². The molecule has 2 N–H and O–H groups in total. The number of nitrogens with two attached hydrogens (primary N) is 1. The zero-order valence-corrected chi connectivity index (χ0v) is 7.55. The summed E-state index contributed by atoms with van der Waals surface area (Å²) in [7, 11) is 2.11. The van der Waals surface area contributed by atoms with Gasteiger partial charge in [0, 0.05) is 13.2 Å². The minimum absolute atomic E-state index is 0.705. The van der Waals surface area contributed by atoms with Gasteiger partial charge in [-0.2, -0.15) is 0 Å². The Morgan fingerprint density at radius 1 is 1.27 bits per heavy atom. The van der Waals surface area contributed by atoms with E-state index >= 15 is 0 Å². The van der Waals surface area contributed by atoms with Crippen LogP contribution in [-0.2, 0) is 0 Å². The first kappa shape index (κ1) is 9.01. The standard InChI is InChI=1S/C9H20N2/c1-11(8-10)7-9-5-3-2-4-6-9/h9H,2-8,10H2,1H3. The van der Waals surface area contributed by atoms with Crippen molar-refractivity contribution in [2.24, 2.45) is 11.7 Å². The predicted molar refractivity (Wildman–Crippen MR) is 48.3 cm³/mol. The quantitative estimate of drug-likeness (QED) is 0.626. The molecule has 1 aliphatic carbocycles. The van der Waals surface area contributed by atoms with Crippen LogP contribution in [-0.4, -0.2) is 25.2 Å². The molecule has 2 nitrogen and oxygen atoms in total. The predicted octanol–water partition coefficient (Wildman–Crippen LogP) is 1.41. The van der Waals surface area contributed by atoms with Crippen molar-refractivity contribution in [1.82, 2.24) is 4.90 Å². The maximum Gasteiger partial charge on any atom is 0.0452 e. The third kappa shape index (κ3) is 3.21. The number of nitrogens with zero attached hydrogens (tertiary/aromatic N) is 1. The Labute approximate surface area is 69.8 Å². The van der Waals surface area contributed by atoms with Crippen LogP contribution in [0.1, 0.15) is 32.1 Å². The van der Waals surface area contributed by atoms with Crippen molar-refractivity contribution in [3.05, 3.63) is 0 Å². The molecule has 2 heteroatoms. The Hall–Kier alpha value is -0.0800. The summed E-state index contributed by atoms with van der Waals surface area (Å²) >= 11 is 0. The van der Waals surface area contributed by atoms with Crippen LogP contribution in [0.3, 0.4) is 0 Å². The molecule has 0 unspecified atom stereocenters. The van der Waals surface area contributed by atoms with Crippen LogP contribution >= 0.6 is 0 Å². The second-order valence-corrected chi connectivity index (χ2v) is 3.73. The molecule has 0 aliphatic heterocycles. The summed E-state index contributed by atoms with van der Waals surface area (Å²) < 4.78 is 0. The van der Waals surface area contributed by atoms with E-state index < -0.39 is 0 Å². The molecule has 0 aromatic carbocycles. The van der Waals surface area contributed by atoms with E-state index in [9.17, 15) is 0 Å². The molecule has 0 radical (unpaired) electrons. The van der Waals surface area contributed by atoms with Crippen molar-refractivity contribution in [3.63, 3.8) is 0 Å². The normalized spacial score (nSPS) is 21.0. The first-order valence-corrected chi connectivity index (χ1v) is 4.71. The molecule has 0 saturated heterocycles. The van der Waals surface area contributed by atoms with E-state index in [1.165, 1.54) is 38.6 Å². The summed E-state index contributed by atoms with van der Waals surface area (Å²) in [6.45, 7) is 1.91. The summed E-state index contributed by atoms with van der Waals surface area (Å²) in [4.78, 5) is 2.22. The third-order valence-electron chi connectivity index (χ3n) is 2.61. The van der Waals surface area contributed by atoms with Gasteiger partial charge in [0.2, 0.25) is 0 Å². The molecule has 66 valence electrons. The SMILES string of the molecule is CN(CN)CC1CCCCC1. The molecule has 0 aromatic heterocycles. The Balaban J connectivity index is 2.13. The van der Waals surface area contributed by atoms with Gasteiger partial charge in [-0.3, -0.25) is 4.90 Å². The van der Waals surface area contributed by atoms with E-state index in [1.807, 2.05) is 0 Å². The highest BCUT2D eigenvalue weighted by Gasteiger charge is 2.14. The van der Waals surface area contributed by atoms with Crippen molar-refractivity contribution in [1.29, 1.82) is 0 Å². The van der Waals surface area contributed by atoms with Crippen LogP contribution in [0, 0.1) is 5.92 Å². The van der Waals surface area contributed by atoms with Crippen molar-refractivity contribution < 1.29 is 0 Å². The second kappa shape index (κ2) is 4.73. The largest absolute Gasteiger partial charge is 0.318 e. The molecule has 0 atom stereocenters. The van der Waals surface area contributed by atoms with Gasteiger partial charge in [0.05, 0.1) is 0 Å². The van der Waals surface area contributed by atoms with Crippen molar-refractivity contribution in [3.8, 4) is 0 Å². The molecule has 0 spiro atoms. The van der Waals surface area contributed by atoms with Gasteiger partial charge in [-0.05, 0) is 25.8 Å². The highest BCUT2D eigenvalue weighted by molar-refractivity contribution is 4.67. The fourth-order valence-electron chi connectivity index (χ4n) is 1.89. The monoisotopic (exact) mass is 156 g/mol. The average Bonchev–Trinajstić information content (AvgIpc) is 2.06. The summed E-state index contributed by atoms with van der Waals surface area (Å²) in [5.74, 6) is 0.928. The molecule has 0 aromatic rings. The Morgan fingerprint density at radius 2 is 1.91 bits per heavy atom. The average molecular weight is 156 g/mol. The van der Waals surface area contributed by atoms with Crippen LogP contribution in [0.2, 0.25) is 0 Å². The highest BCUT2D eigenvalue weighted by atomic mass is 15.1. The minimum atomic E-state index is 0.705. The van der Waals surface area contributed by atoms with Gasteiger partial charge < -0.3 is 5.73 Å². The summed E-state index contributed by atoms with van der Waals surface area (Å²) in [6, 6.07) is 0. The van der Waals surface area contributed by atoms with Gasteiger partial charge in [-0.1, -0.05) is 19.3 Å². The smallest absolute Gasteiger partial charge is 0.0452 e. The number of hydrogen-bond donors (Lipinski definition) is 1. The topological polar surface area (TPSA) is 29.3 Å². The molecule has 1 aliphatic rings. The molecule has 1 rings (SSSR count). The lowest BCUT2D eigenvalue weighted by Crippen LogP contribution is -2.31. The maximum absolute atomic E-state index is 5.52. The van der Waals surface area contributed by atoms with Crippen LogP contribution in [0.5, 0.6) is 0 Å². The van der Waals surface area contributed by atoms with Gasteiger partial charge >= 0.3 is 0 Å². The Kier molecular flexibility index (Phi) is 3.87. The Morgan fingerprint density at radius 3 is 2.45 bits per heavy atom. The molecule has 11 heavy (non-hydrogen) atoms. The lowest BCUT2D eigenvalue weighted by Gasteiger charge is -2.25. The maximum atomic E-state index is 5.52. The van der Waals surface area contributed by atoms with Gasteiger partial charge in [0.1, 0.15) is 0 Å². The zero-order chi connectivity index (χ0) is 8.10. The second-order valence-electron chi connectivity index (χ2n) is 3.73. The Bertz CT molecular complexity index is 97.7. The molecule has 0 heterocycles. The molecule has 0 bridgehead atoms. The van der Waals surface area contributed by atoms with Crippen LogP contribution in [0.25, 0.3) is 0 Å². The van der Waals surface area contributed by atoms with Gasteiger partial charge in [0.25, 0.3) is 0 Å². The van der Waals surface area contributed by atoms with Gasteiger partial charge in [-0.25, -0.2) is 0 Å². The molecule has 1 fully saturated rings. The fraction of sp³-hybridized carbons (Fsp3) is 1.00. The van der Waals surface area contributed by atoms with Gasteiger partial charge in [-0.15, -0.1) is 0 Å². The lowest BCUT2D eigenvalue weighted by atomic mass is 9.89. The van der Waals surface area contributed by atoms with Crippen molar-refractivity contribution >= 4 is 0 Å². The summed E-state index contributed by atoms with van der Waals surface area (Å²) in [5.41, 5.74) is 5.52. The first-order valence-electron chi connectivity index (χ1n) is 4.71. The molecular formula is C9H20N2. The van der Waals surface area contributed by atoms with E-state index in [2.05, 4.69) is 11.9 Å². The summed E-state index contributed by atoms with van der Waals surface area (Å²) in [6.07, 6.45) is 7.16. The van der Waals surface area contributed by atoms with E-state index in [-0.39, 0.29) is 0 Å². The van der Waals surface area contributed by atoms with Crippen LogP contribution < -0.4 is 5.73 Å². The highest BCUT2D eigenvalue weighted by Crippen LogP contribution is 2.23. The van der Waals surface area contributed by atoms with E-state index in [4.69, 9.17) is 5.73 Å². The zero-order valence-electron chi connectivity index (χ0n) is 7.55.